The lowest BCUT2D eigenvalue weighted by atomic mass is 10.0. The standard InChI is InChI=1S/C18H16FNO4/c1-22-15-9-17(24-3)16(23-2)7-10(15)6-13-12-8-11(19)4-5-14(12)20-18(13)21/h4-9H,1-3H3,(H,20,21)/b13-6+. The second kappa shape index (κ2) is 6.23. The van der Waals surface area contributed by atoms with Crippen molar-refractivity contribution < 1.29 is 23.4 Å². The van der Waals surface area contributed by atoms with Crippen molar-refractivity contribution in [3.8, 4) is 17.2 Å². The number of ether oxygens (including phenoxy) is 3. The van der Waals surface area contributed by atoms with Crippen LogP contribution in [0.2, 0.25) is 0 Å². The zero-order valence-corrected chi connectivity index (χ0v) is 13.5. The lowest BCUT2D eigenvalue weighted by molar-refractivity contribution is -0.110. The minimum absolute atomic E-state index is 0.299. The molecule has 1 aliphatic rings. The molecule has 0 saturated carbocycles. The van der Waals surface area contributed by atoms with E-state index in [1.54, 1.807) is 18.2 Å². The van der Waals surface area contributed by atoms with E-state index in [2.05, 4.69) is 5.32 Å². The highest BCUT2D eigenvalue weighted by atomic mass is 19.1. The van der Waals surface area contributed by atoms with Crippen molar-refractivity contribution in [1.82, 2.24) is 0 Å². The summed E-state index contributed by atoms with van der Waals surface area (Å²) in [6.07, 6.45) is 1.64. The van der Waals surface area contributed by atoms with Crippen molar-refractivity contribution in [2.45, 2.75) is 0 Å². The monoisotopic (exact) mass is 329 g/mol. The maximum absolute atomic E-state index is 13.5. The molecule has 124 valence electrons. The highest BCUT2D eigenvalue weighted by Crippen LogP contribution is 2.39. The van der Waals surface area contributed by atoms with Crippen molar-refractivity contribution in [2.75, 3.05) is 26.6 Å². The second-order valence-corrected chi connectivity index (χ2v) is 5.15. The molecule has 0 bridgehead atoms. The van der Waals surface area contributed by atoms with Crippen LogP contribution in [0, 0.1) is 5.82 Å². The molecule has 24 heavy (non-hydrogen) atoms. The van der Waals surface area contributed by atoms with Gasteiger partial charge >= 0.3 is 0 Å². The molecule has 1 aliphatic heterocycles. The third-order valence-electron chi connectivity index (χ3n) is 3.80. The molecule has 3 rings (SSSR count). The number of fused-ring (bicyclic) bond motifs is 1. The van der Waals surface area contributed by atoms with Gasteiger partial charge in [-0.1, -0.05) is 0 Å². The lowest BCUT2D eigenvalue weighted by Gasteiger charge is -2.12. The quantitative estimate of drug-likeness (QED) is 0.874. The van der Waals surface area contributed by atoms with Crippen molar-refractivity contribution in [3.05, 3.63) is 47.3 Å². The summed E-state index contributed by atoms with van der Waals surface area (Å²) in [6, 6.07) is 7.54. The molecule has 0 spiro atoms. The lowest BCUT2D eigenvalue weighted by Crippen LogP contribution is -2.03. The minimum Gasteiger partial charge on any atom is -0.496 e. The number of hydrogen-bond donors (Lipinski definition) is 1. The highest BCUT2D eigenvalue weighted by Gasteiger charge is 2.25. The summed E-state index contributed by atoms with van der Waals surface area (Å²) < 4.78 is 29.4. The molecule has 1 amide bonds. The van der Waals surface area contributed by atoms with Crippen molar-refractivity contribution in [1.29, 1.82) is 0 Å². The van der Waals surface area contributed by atoms with Gasteiger partial charge in [-0.25, -0.2) is 4.39 Å². The Balaban J connectivity index is 2.15. The zero-order valence-electron chi connectivity index (χ0n) is 13.5. The van der Waals surface area contributed by atoms with Gasteiger partial charge in [0, 0.05) is 28.5 Å². The molecule has 0 unspecified atom stereocenters. The summed E-state index contributed by atoms with van der Waals surface area (Å²) in [7, 11) is 4.57. The van der Waals surface area contributed by atoms with E-state index in [1.807, 2.05) is 0 Å². The molecule has 0 aliphatic carbocycles. The second-order valence-electron chi connectivity index (χ2n) is 5.15. The smallest absolute Gasteiger partial charge is 0.256 e. The van der Waals surface area contributed by atoms with E-state index in [0.717, 1.165) is 0 Å². The van der Waals surface area contributed by atoms with Gasteiger partial charge in [0.15, 0.2) is 11.5 Å². The van der Waals surface area contributed by atoms with E-state index < -0.39 is 5.82 Å². The normalized spacial score (nSPS) is 14.3. The Hall–Kier alpha value is -3.02. The number of rotatable bonds is 4. The molecule has 5 nitrogen and oxygen atoms in total. The van der Waals surface area contributed by atoms with E-state index in [4.69, 9.17) is 14.2 Å². The van der Waals surface area contributed by atoms with Crippen LogP contribution in [0.3, 0.4) is 0 Å². The molecule has 0 saturated heterocycles. The molecule has 1 N–H and O–H groups in total. The molecule has 0 fully saturated rings. The predicted octanol–water partition coefficient (Wildman–Crippen LogP) is 3.34. The summed E-state index contributed by atoms with van der Waals surface area (Å²) in [5.41, 5.74) is 2.07. The molecule has 6 heteroatoms. The Morgan fingerprint density at radius 2 is 1.62 bits per heavy atom. The van der Waals surface area contributed by atoms with Gasteiger partial charge in [0.05, 0.1) is 21.3 Å². The Kier molecular flexibility index (Phi) is 4.12. The summed E-state index contributed by atoms with van der Waals surface area (Å²) in [4.78, 5) is 12.2. The number of halogens is 1. The molecule has 2 aromatic carbocycles. The largest absolute Gasteiger partial charge is 0.496 e. The van der Waals surface area contributed by atoms with E-state index in [9.17, 15) is 9.18 Å². The number of methoxy groups -OCH3 is 3. The Morgan fingerprint density at radius 3 is 2.29 bits per heavy atom. The van der Waals surface area contributed by atoms with Crippen LogP contribution >= 0.6 is 0 Å². The Morgan fingerprint density at radius 1 is 0.958 bits per heavy atom. The van der Waals surface area contributed by atoms with E-state index in [-0.39, 0.29) is 5.91 Å². The van der Waals surface area contributed by atoms with Crippen LogP contribution in [-0.4, -0.2) is 27.2 Å². The molecular formula is C18H16FNO4. The average Bonchev–Trinajstić information content (AvgIpc) is 2.89. The van der Waals surface area contributed by atoms with Gasteiger partial charge in [0.1, 0.15) is 11.6 Å². The molecule has 0 atom stereocenters. The first-order chi connectivity index (χ1) is 11.6. The number of hydrogen-bond acceptors (Lipinski definition) is 4. The minimum atomic E-state index is -0.407. The number of anilines is 1. The highest BCUT2D eigenvalue weighted by molar-refractivity contribution is 6.35. The Bertz CT molecular complexity index is 845. The SMILES string of the molecule is COc1cc(OC)c(OC)cc1/C=C1/C(=O)Nc2ccc(F)cc21. The summed E-state index contributed by atoms with van der Waals surface area (Å²) >= 11 is 0. The van der Waals surface area contributed by atoms with Gasteiger partial charge in [0.25, 0.3) is 5.91 Å². The maximum atomic E-state index is 13.5. The number of benzene rings is 2. The molecule has 1 heterocycles. The fraction of sp³-hybridized carbons (Fsp3) is 0.167. The first-order valence-electron chi connectivity index (χ1n) is 7.20. The fourth-order valence-corrected chi connectivity index (χ4v) is 2.62. The maximum Gasteiger partial charge on any atom is 0.256 e. The van der Waals surface area contributed by atoms with Crippen molar-refractivity contribution in [2.24, 2.45) is 0 Å². The van der Waals surface area contributed by atoms with Gasteiger partial charge in [-0.3, -0.25) is 4.79 Å². The molecular weight excluding hydrogens is 313 g/mol. The van der Waals surface area contributed by atoms with Gasteiger partial charge in [0.2, 0.25) is 0 Å². The number of carbonyl (C=O) groups is 1. The zero-order chi connectivity index (χ0) is 17.3. The van der Waals surface area contributed by atoms with Crippen LogP contribution in [0.15, 0.2) is 30.3 Å². The molecule has 2 aromatic rings. The van der Waals surface area contributed by atoms with Crippen LogP contribution in [0.1, 0.15) is 11.1 Å². The first-order valence-corrected chi connectivity index (χ1v) is 7.20. The summed E-state index contributed by atoms with van der Waals surface area (Å²) in [5.74, 6) is 0.822. The topological polar surface area (TPSA) is 56.8 Å². The van der Waals surface area contributed by atoms with Crippen LogP contribution in [-0.2, 0) is 4.79 Å². The van der Waals surface area contributed by atoms with E-state index >= 15 is 0 Å². The van der Waals surface area contributed by atoms with E-state index in [1.165, 1.54) is 39.5 Å². The van der Waals surface area contributed by atoms with Crippen molar-refractivity contribution >= 4 is 23.2 Å². The van der Waals surface area contributed by atoms with Crippen LogP contribution < -0.4 is 19.5 Å². The van der Waals surface area contributed by atoms with E-state index in [0.29, 0.717) is 39.6 Å². The fourth-order valence-electron chi connectivity index (χ4n) is 2.62. The predicted molar refractivity (Wildman–Crippen MR) is 89.0 cm³/mol. The first kappa shape index (κ1) is 15.9. The number of carbonyl (C=O) groups excluding carboxylic acids is 1. The average molecular weight is 329 g/mol. The number of nitrogens with one attached hydrogen (secondary N) is 1. The van der Waals surface area contributed by atoms with Crippen LogP contribution in [0.4, 0.5) is 10.1 Å². The van der Waals surface area contributed by atoms with Crippen molar-refractivity contribution in [3.63, 3.8) is 0 Å². The van der Waals surface area contributed by atoms with Crippen LogP contribution in [0.25, 0.3) is 11.6 Å². The van der Waals surface area contributed by atoms with Gasteiger partial charge in [-0.15, -0.1) is 0 Å². The third kappa shape index (κ3) is 2.67. The van der Waals surface area contributed by atoms with Crippen LogP contribution in [0.5, 0.6) is 17.2 Å². The van der Waals surface area contributed by atoms with Gasteiger partial charge in [-0.05, 0) is 30.3 Å². The number of amides is 1. The molecule has 0 radical (unpaired) electrons. The summed E-state index contributed by atoms with van der Waals surface area (Å²) in [6.45, 7) is 0. The van der Waals surface area contributed by atoms with Gasteiger partial charge < -0.3 is 19.5 Å². The molecule has 0 aromatic heterocycles. The third-order valence-corrected chi connectivity index (χ3v) is 3.80. The Labute approximate surface area is 138 Å². The summed E-state index contributed by atoms with van der Waals surface area (Å²) in [5, 5.41) is 2.71. The van der Waals surface area contributed by atoms with Gasteiger partial charge in [-0.2, -0.15) is 0 Å².